The summed E-state index contributed by atoms with van der Waals surface area (Å²) >= 11 is 0. The molecule has 2 aliphatic heterocycles. The molecule has 2 unspecified atom stereocenters. The maximum absolute atomic E-state index is 13.7. The van der Waals surface area contributed by atoms with Crippen molar-refractivity contribution in [1.29, 1.82) is 0 Å². The zero-order valence-corrected chi connectivity index (χ0v) is 18.2. The molecule has 0 aliphatic carbocycles. The first-order chi connectivity index (χ1) is 15.2. The molecule has 0 radical (unpaired) electrons. The van der Waals surface area contributed by atoms with Gasteiger partial charge in [0.15, 0.2) is 0 Å². The average molecular weight is 425 g/mol. The zero-order valence-electron chi connectivity index (χ0n) is 18.2. The Labute approximate surface area is 183 Å². The van der Waals surface area contributed by atoms with Crippen LogP contribution >= 0.6 is 0 Å². The molecule has 2 aromatic heterocycles. The first-order valence-corrected chi connectivity index (χ1v) is 11.1. The maximum atomic E-state index is 13.7. The van der Waals surface area contributed by atoms with Gasteiger partial charge in [0, 0.05) is 63.3 Å². The van der Waals surface area contributed by atoms with Gasteiger partial charge in [-0.15, -0.1) is 0 Å². The lowest BCUT2D eigenvalue weighted by Crippen LogP contribution is -2.56. The first-order valence-electron chi connectivity index (χ1n) is 11.1. The fraction of sp³-hybridized carbons (Fsp3) is 0.591. The molecule has 2 aliphatic rings. The van der Waals surface area contributed by atoms with E-state index < -0.39 is 5.41 Å². The highest BCUT2D eigenvalue weighted by molar-refractivity contribution is 5.89. The van der Waals surface area contributed by atoms with E-state index >= 15 is 0 Å². The summed E-state index contributed by atoms with van der Waals surface area (Å²) in [6.07, 6.45) is 8.10. The molecule has 1 amide bonds. The largest absolute Gasteiger partial charge is 0.355 e. The van der Waals surface area contributed by atoms with Gasteiger partial charge in [-0.05, 0) is 45.1 Å². The molecule has 2 aromatic rings. The molecular weight excluding hydrogens is 392 g/mol. The van der Waals surface area contributed by atoms with Gasteiger partial charge in [-0.1, -0.05) is 0 Å². The standard InChI is InChI=1S/C22H32N8O/c1-29-11-13-30(14-12-29)10-2-6-26-21(31)22(20-4-8-25-17-28-20)5-9-23-15-18(22)19-3-7-24-16-27-19/h3-4,7-8,16-18,23H,2,5-6,9-15H2,1H3,(H,26,31). The lowest BCUT2D eigenvalue weighted by atomic mass is 9.66. The summed E-state index contributed by atoms with van der Waals surface area (Å²) in [6, 6.07) is 3.76. The van der Waals surface area contributed by atoms with E-state index in [1.165, 1.54) is 6.33 Å². The minimum Gasteiger partial charge on any atom is -0.355 e. The van der Waals surface area contributed by atoms with Crippen LogP contribution < -0.4 is 10.6 Å². The minimum absolute atomic E-state index is 0.0229. The molecule has 9 nitrogen and oxygen atoms in total. The predicted octanol–water partition coefficient (Wildman–Crippen LogP) is 0.0352. The van der Waals surface area contributed by atoms with Crippen LogP contribution in [0, 0.1) is 0 Å². The van der Waals surface area contributed by atoms with Gasteiger partial charge in [0.1, 0.15) is 18.1 Å². The Hall–Kier alpha value is -2.49. The predicted molar refractivity (Wildman–Crippen MR) is 118 cm³/mol. The molecule has 9 heteroatoms. The van der Waals surface area contributed by atoms with E-state index in [1.54, 1.807) is 18.7 Å². The molecule has 4 heterocycles. The van der Waals surface area contributed by atoms with Crippen LogP contribution in [-0.2, 0) is 10.2 Å². The van der Waals surface area contributed by atoms with Gasteiger partial charge in [0.05, 0.1) is 5.69 Å². The fourth-order valence-electron chi connectivity index (χ4n) is 4.73. The first kappa shape index (κ1) is 21.7. The van der Waals surface area contributed by atoms with E-state index in [1.807, 2.05) is 12.1 Å². The fourth-order valence-corrected chi connectivity index (χ4v) is 4.73. The van der Waals surface area contributed by atoms with E-state index in [4.69, 9.17) is 0 Å². The van der Waals surface area contributed by atoms with Crippen LogP contribution in [-0.4, -0.2) is 95.0 Å². The molecular formula is C22H32N8O. The van der Waals surface area contributed by atoms with Crippen molar-refractivity contribution in [3.8, 4) is 0 Å². The molecule has 0 saturated carbocycles. The van der Waals surface area contributed by atoms with Crippen molar-refractivity contribution in [2.24, 2.45) is 0 Å². The SMILES string of the molecule is CN1CCN(CCCNC(=O)C2(c3ccncn3)CCNCC2c2ccncn2)CC1. The number of nitrogens with one attached hydrogen (secondary N) is 2. The summed E-state index contributed by atoms with van der Waals surface area (Å²) in [6.45, 7) is 7.48. The Morgan fingerprint density at radius 1 is 1.16 bits per heavy atom. The number of amides is 1. The Morgan fingerprint density at radius 3 is 2.65 bits per heavy atom. The highest BCUT2D eigenvalue weighted by Gasteiger charge is 2.50. The van der Waals surface area contributed by atoms with Gasteiger partial charge in [-0.3, -0.25) is 4.79 Å². The molecule has 31 heavy (non-hydrogen) atoms. The Bertz CT molecular complexity index is 828. The Balaban J connectivity index is 1.49. The second kappa shape index (κ2) is 10.2. The van der Waals surface area contributed by atoms with E-state index in [9.17, 15) is 4.79 Å². The number of aromatic nitrogens is 4. The number of carbonyl (C=O) groups excluding carboxylic acids is 1. The summed E-state index contributed by atoms with van der Waals surface area (Å²) in [4.78, 5) is 35.7. The van der Waals surface area contributed by atoms with E-state index in [-0.39, 0.29) is 11.8 Å². The van der Waals surface area contributed by atoms with Gasteiger partial charge in [-0.2, -0.15) is 0 Å². The van der Waals surface area contributed by atoms with Crippen molar-refractivity contribution in [1.82, 2.24) is 40.4 Å². The third kappa shape index (κ3) is 4.89. The van der Waals surface area contributed by atoms with E-state index in [0.717, 1.165) is 57.1 Å². The number of rotatable bonds is 7. The maximum Gasteiger partial charge on any atom is 0.233 e. The smallest absolute Gasteiger partial charge is 0.233 e. The van der Waals surface area contributed by atoms with Gasteiger partial charge in [0.25, 0.3) is 0 Å². The van der Waals surface area contributed by atoms with Crippen molar-refractivity contribution in [3.63, 3.8) is 0 Å². The number of likely N-dealkylation sites (N-methyl/N-ethyl adjacent to an activating group) is 1. The summed E-state index contributed by atoms with van der Waals surface area (Å²) in [7, 11) is 2.16. The van der Waals surface area contributed by atoms with Crippen molar-refractivity contribution < 1.29 is 4.79 Å². The van der Waals surface area contributed by atoms with Gasteiger partial charge in [-0.25, -0.2) is 19.9 Å². The molecule has 0 bridgehead atoms. The number of nitrogens with zero attached hydrogens (tertiary/aromatic N) is 6. The molecule has 2 atom stereocenters. The lowest BCUT2D eigenvalue weighted by molar-refractivity contribution is -0.128. The molecule has 2 N–H and O–H groups in total. The Kier molecular flexibility index (Phi) is 7.16. The molecule has 0 spiro atoms. The van der Waals surface area contributed by atoms with Crippen LogP contribution in [0.3, 0.4) is 0 Å². The zero-order chi connectivity index (χ0) is 21.5. The number of piperazine rings is 1. The Morgan fingerprint density at radius 2 is 1.94 bits per heavy atom. The van der Waals surface area contributed by atoms with Crippen LogP contribution in [0.4, 0.5) is 0 Å². The second-order valence-corrected chi connectivity index (χ2v) is 8.46. The van der Waals surface area contributed by atoms with Gasteiger partial charge < -0.3 is 20.4 Å². The number of hydrogen-bond donors (Lipinski definition) is 2. The summed E-state index contributed by atoms with van der Waals surface area (Å²) in [5, 5.41) is 6.66. The number of hydrogen-bond acceptors (Lipinski definition) is 8. The van der Waals surface area contributed by atoms with Crippen LogP contribution in [0.1, 0.15) is 30.1 Å². The third-order valence-electron chi connectivity index (χ3n) is 6.58. The van der Waals surface area contributed by atoms with Crippen LogP contribution in [0.25, 0.3) is 0 Å². The number of carbonyl (C=O) groups is 1. The normalized spacial score (nSPS) is 25.3. The quantitative estimate of drug-likeness (QED) is 0.601. The summed E-state index contributed by atoms with van der Waals surface area (Å²) < 4.78 is 0. The summed E-state index contributed by atoms with van der Waals surface area (Å²) in [5.74, 6) is -0.105. The van der Waals surface area contributed by atoms with Gasteiger partial charge >= 0.3 is 0 Å². The molecule has 4 rings (SSSR count). The van der Waals surface area contributed by atoms with Crippen molar-refractivity contribution >= 4 is 5.91 Å². The van der Waals surface area contributed by atoms with Crippen molar-refractivity contribution in [2.45, 2.75) is 24.2 Å². The van der Waals surface area contributed by atoms with Crippen molar-refractivity contribution in [2.75, 3.05) is 59.4 Å². The third-order valence-corrected chi connectivity index (χ3v) is 6.58. The van der Waals surface area contributed by atoms with E-state index in [2.05, 4.69) is 47.4 Å². The van der Waals surface area contributed by atoms with Crippen molar-refractivity contribution in [3.05, 3.63) is 48.6 Å². The number of piperidine rings is 1. The second-order valence-electron chi connectivity index (χ2n) is 8.46. The topological polar surface area (TPSA) is 99.2 Å². The van der Waals surface area contributed by atoms with E-state index in [0.29, 0.717) is 19.5 Å². The molecule has 2 saturated heterocycles. The minimum atomic E-state index is -0.781. The van der Waals surface area contributed by atoms with Crippen LogP contribution in [0.2, 0.25) is 0 Å². The average Bonchev–Trinajstić information content (AvgIpc) is 2.84. The molecule has 166 valence electrons. The van der Waals surface area contributed by atoms with Crippen LogP contribution in [0.15, 0.2) is 37.2 Å². The lowest BCUT2D eigenvalue weighted by Gasteiger charge is -2.42. The molecule has 2 fully saturated rings. The van der Waals surface area contributed by atoms with Crippen LogP contribution in [0.5, 0.6) is 0 Å². The monoisotopic (exact) mass is 424 g/mol. The summed E-state index contributed by atoms with van der Waals surface area (Å²) in [5.41, 5.74) is 0.827. The highest BCUT2D eigenvalue weighted by Crippen LogP contribution is 2.42. The highest BCUT2D eigenvalue weighted by atomic mass is 16.2. The van der Waals surface area contributed by atoms with Gasteiger partial charge in [0.2, 0.25) is 5.91 Å². The molecule has 0 aromatic carbocycles.